The van der Waals surface area contributed by atoms with Gasteiger partial charge in [0.1, 0.15) is 0 Å². The molecule has 0 aliphatic heterocycles. The molecule has 0 amide bonds. The summed E-state index contributed by atoms with van der Waals surface area (Å²) in [5.74, 6) is 1.17. The van der Waals surface area contributed by atoms with Crippen LogP contribution in [-0.2, 0) is 10.2 Å². The molecule has 0 bridgehead atoms. The predicted molar refractivity (Wildman–Crippen MR) is 56.4 cm³/mol. The van der Waals surface area contributed by atoms with Crippen molar-refractivity contribution in [2.45, 2.75) is 38.6 Å². The minimum Gasteiger partial charge on any atom is -0.385 e. The first-order valence-corrected chi connectivity index (χ1v) is 5.03. The third kappa shape index (κ3) is 3.28. The molecule has 1 heterocycles. The number of nitrogens with two attached hydrogens (primary N) is 1. The van der Waals surface area contributed by atoms with Crippen LogP contribution in [0.1, 0.15) is 44.9 Å². The molecule has 1 aromatic rings. The fourth-order valence-electron chi connectivity index (χ4n) is 1.06. The van der Waals surface area contributed by atoms with E-state index in [4.69, 9.17) is 15.0 Å². The van der Waals surface area contributed by atoms with Gasteiger partial charge in [-0.3, -0.25) is 0 Å². The van der Waals surface area contributed by atoms with Gasteiger partial charge in [-0.1, -0.05) is 25.9 Å². The van der Waals surface area contributed by atoms with E-state index in [1.54, 1.807) is 7.11 Å². The molecule has 0 aromatic carbocycles. The Labute approximate surface area is 90.0 Å². The zero-order valence-corrected chi connectivity index (χ0v) is 9.78. The molecule has 1 aromatic heterocycles. The van der Waals surface area contributed by atoms with Crippen LogP contribution >= 0.6 is 0 Å². The van der Waals surface area contributed by atoms with Crippen LogP contribution < -0.4 is 5.73 Å². The highest BCUT2D eigenvalue weighted by molar-refractivity contribution is 5.01. The molecule has 0 aliphatic rings. The van der Waals surface area contributed by atoms with E-state index >= 15 is 0 Å². The fourth-order valence-corrected chi connectivity index (χ4v) is 1.06. The summed E-state index contributed by atoms with van der Waals surface area (Å²) in [5, 5.41) is 3.91. The minimum absolute atomic E-state index is 0.108. The molecule has 1 unspecified atom stereocenters. The Kier molecular flexibility index (Phi) is 3.82. The third-order valence-corrected chi connectivity index (χ3v) is 2.06. The monoisotopic (exact) mass is 213 g/mol. The first kappa shape index (κ1) is 12.1. The number of nitrogens with zero attached hydrogens (tertiary/aromatic N) is 2. The van der Waals surface area contributed by atoms with E-state index in [1.807, 2.05) is 20.8 Å². The lowest BCUT2D eigenvalue weighted by Gasteiger charge is -2.11. The summed E-state index contributed by atoms with van der Waals surface area (Å²) < 4.78 is 10.0. The average Bonchev–Trinajstić information content (AvgIpc) is 2.62. The topological polar surface area (TPSA) is 74.2 Å². The van der Waals surface area contributed by atoms with Crippen LogP contribution in [0.3, 0.4) is 0 Å². The first-order chi connectivity index (χ1) is 6.95. The highest BCUT2D eigenvalue weighted by Gasteiger charge is 2.23. The van der Waals surface area contributed by atoms with Crippen LogP contribution in [0.25, 0.3) is 0 Å². The van der Waals surface area contributed by atoms with E-state index in [1.165, 1.54) is 0 Å². The van der Waals surface area contributed by atoms with E-state index in [9.17, 15) is 0 Å². The van der Waals surface area contributed by atoms with Crippen LogP contribution in [-0.4, -0.2) is 23.9 Å². The van der Waals surface area contributed by atoms with E-state index < -0.39 is 0 Å². The quantitative estimate of drug-likeness (QED) is 0.818. The summed E-state index contributed by atoms with van der Waals surface area (Å²) in [4.78, 5) is 4.28. The van der Waals surface area contributed by atoms with Crippen molar-refractivity contribution < 1.29 is 9.26 Å². The van der Waals surface area contributed by atoms with Gasteiger partial charge >= 0.3 is 0 Å². The second-order valence-electron chi connectivity index (χ2n) is 4.59. The summed E-state index contributed by atoms with van der Waals surface area (Å²) in [5.41, 5.74) is 5.75. The summed E-state index contributed by atoms with van der Waals surface area (Å²) in [7, 11) is 1.64. The molecule has 0 saturated carbocycles. The molecular weight excluding hydrogens is 194 g/mol. The molecule has 5 heteroatoms. The second-order valence-corrected chi connectivity index (χ2v) is 4.59. The Balaban J connectivity index is 2.67. The molecule has 5 nitrogen and oxygen atoms in total. The maximum atomic E-state index is 5.86. The highest BCUT2D eigenvalue weighted by atomic mass is 16.5. The highest BCUT2D eigenvalue weighted by Crippen LogP contribution is 2.20. The summed E-state index contributed by atoms with van der Waals surface area (Å²) in [6.07, 6.45) is 0.683. The molecule has 0 aliphatic carbocycles. The summed E-state index contributed by atoms with van der Waals surface area (Å²) in [6.45, 7) is 6.68. The van der Waals surface area contributed by atoms with Crippen LogP contribution in [0, 0.1) is 0 Å². The largest absolute Gasteiger partial charge is 0.385 e. The van der Waals surface area contributed by atoms with Crippen LogP contribution in [0.2, 0.25) is 0 Å². The molecule has 1 rings (SSSR count). The van der Waals surface area contributed by atoms with E-state index in [0.29, 0.717) is 24.7 Å². The van der Waals surface area contributed by atoms with Gasteiger partial charge in [-0.2, -0.15) is 4.98 Å². The van der Waals surface area contributed by atoms with Crippen molar-refractivity contribution in [1.29, 1.82) is 0 Å². The minimum atomic E-state index is -0.242. The molecule has 2 N–H and O–H groups in total. The van der Waals surface area contributed by atoms with Crippen molar-refractivity contribution in [3.63, 3.8) is 0 Å². The lowest BCUT2D eigenvalue weighted by Crippen LogP contribution is -2.16. The first-order valence-electron chi connectivity index (χ1n) is 5.03. The molecule has 0 fully saturated rings. The molecule has 86 valence electrons. The van der Waals surface area contributed by atoms with Crippen molar-refractivity contribution >= 4 is 0 Å². The molecule has 0 spiro atoms. The fraction of sp³-hybridized carbons (Fsp3) is 0.800. The SMILES string of the molecule is COCCC(N)c1nc(C(C)(C)C)no1. The number of ether oxygens (including phenoxy) is 1. The Morgan fingerprint density at radius 3 is 2.60 bits per heavy atom. The summed E-state index contributed by atoms with van der Waals surface area (Å²) in [6, 6.07) is -0.242. The van der Waals surface area contributed by atoms with Crippen LogP contribution in [0.4, 0.5) is 0 Å². The number of rotatable bonds is 4. The van der Waals surface area contributed by atoms with Gasteiger partial charge in [-0.15, -0.1) is 0 Å². The average molecular weight is 213 g/mol. The van der Waals surface area contributed by atoms with Crippen molar-refractivity contribution in [3.8, 4) is 0 Å². The zero-order valence-electron chi connectivity index (χ0n) is 9.78. The van der Waals surface area contributed by atoms with Crippen LogP contribution in [0.15, 0.2) is 4.52 Å². The van der Waals surface area contributed by atoms with E-state index in [2.05, 4.69) is 10.1 Å². The van der Waals surface area contributed by atoms with Gasteiger partial charge in [0.05, 0.1) is 6.04 Å². The summed E-state index contributed by atoms with van der Waals surface area (Å²) >= 11 is 0. The van der Waals surface area contributed by atoms with Gasteiger partial charge in [0.25, 0.3) is 0 Å². The number of aromatic nitrogens is 2. The molecular formula is C10H19N3O2. The van der Waals surface area contributed by atoms with Crippen molar-refractivity contribution in [2.24, 2.45) is 5.73 Å². The molecule has 15 heavy (non-hydrogen) atoms. The Morgan fingerprint density at radius 2 is 2.13 bits per heavy atom. The van der Waals surface area contributed by atoms with E-state index in [0.717, 1.165) is 0 Å². The van der Waals surface area contributed by atoms with Crippen LogP contribution in [0.5, 0.6) is 0 Å². The van der Waals surface area contributed by atoms with Crippen molar-refractivity contribution in [3.05, 3.63) is 11.7 Å². The lowest BCUT2D eigenvalue weighted by molar-refractivity contribution is 0.182. The maximum Gasteiger partial charge on any atom is 0.243 e. The third-order valence-electron chi connectivity index (χ3n) is 2.06. The maximum absolute atomic E-state index is 5.86. The molecule has 0 saturated heterocycles. The van der Waals surface area contributed by atoms with Gasteiger partial charge in [0.2, 0.25) is 5.89 Å². The smallest absolute Gasteiger partial charge is 0.243 e. The number of hydrogen-bond acceptors (Lipinski definition) is 5. The lowest BCUT2D eigenvalue weighted by atomic mass is 9.96. The predicted octanol–water partition coefficient (Wildman–Crippen LogP) is 1.40. The number of methoxy groups -OCH3 is 1. The van der Waals surface area contributed by atoms with E-state index in [-0.39, 0.29) is 11.5 Å². The Hall–Kier alpha value is -0.940. The van der Waals surface area contributed by atoms with Gasteiger partial charge in [-0.25, -0.2) is 0 Å². The van der Waals surface area contributed by atoms with Gasteiger partial charge in [0.15, 0.2) is 5.82 Å². The zero-order chi connectivity index (χ0) is 11.5. The van der Waals surface area contributed by atoms with Crippen molar-refractivity contribution in [1.82, 2.24) is 10.1 Å². The normalized spacial score (nSPS) is 14.2. The Morgan fingerprint density at radius 1 is 1.47 bits per heavy atom. The number of hydrogen-bond donors (Lipinski definition) is 1. The Bertz CT molecular complexity index is 304. The van der Waals surface area contributed by atoms with Gasteiger partial charge < -0.3 is 15.0 Å². The van der Waals surface area contributed by atoms with Gasteiger partial charge in [-0.05, 0) is 6.42 Å². The molecule has 0 radical (unpaired) electrons. The van der Waals surface area contributed by atoms with Gasteiger partial charge in [0, 0.05) is 19.1 Å². The standard InChI is InChI=1S/C10H19N3O2/c1-10(2,3)9-12-8(15-13-9)7(11)5-6-14-4/h7H,5-6,11H2,1-4H3. The second kappa shape index (κ2) is 4.72. The van der Waals surface area contributed by atoms with Crippen molar-refractivity contribution in [2.75, 3.05) is 13.7 Å². The molecule has 1 atom stereocenters.